The molecule has 0 spiro atoms. The number of alkyl halides is 7. The summed E-state index contributed by atoms with van der Waals surface area (Å²) in [6.07, 6.45) is -6.46. The molecule has 0 saturated heterocycles. The third kappa shape index (κ3) is 4.06. The predicted octanol–water partition coefficient (Wildman–Crippen LogP) is 5.89. The highest BCUT2D eigenvalue weighted by Gasteiger charge is 2.75. The number of ether oxygens (including phenoxy) is 2. The van der Waals surface area contributed by atoms with Crippen LogP contribution in [-0.2, 0) is 4.79 Å². The van der Waals surface area contributed by atoms with E-state index in [4.69, 9.17) is 9.47 Å². The highest BCUT2D eigenvalue weighted by molar-refractivity contribution is 5.85. The van der Waals surface area contributed by atoms with Crippen molar-refractivity contribution < 1.29 is 45.0 Å². The zero-order chi connectivity index (χ0) is 22.4. The quantitative estimate of drug-likeness (QED) is 0.549. The van der Waals surface area contributed by atoms with Gasteiger partial charge in [-0.3, -0.25) is 4.79 Å². The molecular weight excluding hydrogens is 409 g/mol. The van der Waals surface area contributed by atoms with Crippen LogP contribution < -0.4 is 9.47 Å². The van der Waals surface area contributed by atoms with Crippen molar-refractivity contribution in [3.8, 4) is 11.5 Å². The molecule has 10 heteroatoms. The van der Waals surface area contributed by atoms with Gasteiger partial charge >= 0.3 is 18.0 Å². The second-order valence-corrected chi connectivity index (χ2v) is 7.64. The zero-order valence-corrected chi connectivity index (χ0v) is 16.0. The number of methoxy groups -OCH3 is 1. The van der Waals surface area contributed by atoms with E-state index in [-0.39, 0.29) is 11.3 Å². The van der Waals surface area contributed by atoms with Crippen LogP contribution >= 0.6 is 0 Å². The zero-order valence-electron chi connectivity index (χ0n) is 16.0. The maximum absolute atomic E-state index is 14.3. The molecule has 1 unspecified atom stereocenters. The fourth-order valence-electron chi connectivity index (χ4n) is 2.69. The highest BCUT2D eigenvalue weighted by atomic mass is 19.4. The second kappa shape index (κ2) is 7.21. The monoisotopic (exact) mass is 428 g/mol. The molecule has 1 aromatic rings. The van der Waals surface area contributed by atoms with Crippen LogP contribution in [0.25, 0.3) is 0 Å². The van der Waals surface area contributed by atoms with Crippen LogP contribution in [0.5, 0.6) is 11.5 Å². The number of hydrogen-bond acceptors (Lipinski definition) is 3. The molecular formula is C19H19F7O3. The lowest BCUT2D eigenvalue weighted by atomic mass is 9.81. The van der Waals surface area contributed by atoms with Gasteiger partial charge in [0.05, 0.1) is 7.11 Å². The van der Waals surface area contributed by atoms with Crippen LogP contribution in [0.3, 0.4) is 0 Å². The highest BCUT2D eigenvalue weighted by Crippen LogP contribution is 2.53. The minimum atomic E-state index is -6.52. The van der Waals surface area contributed by atoms with Crippen molar-refractivity contribution >= 4 is 5.78 Å². The Morgan fingerprint density at radius 3 is 2.14 bits per heavy atom. The number of halogens is 7. The summed E-state index contributed by atoms with van der Waals surface area (Å²) in [7, 11) is 1.15. The molecule has 0 aliphatic carbocycles. The fraction of sp³-hybridized carbons (Fsp3) is 0.526. The summed E-state index contributed by atoms with van der Waals surface area (Å²) in [5, 5.41) is 0. The van der Waals surface area contributed by atoms with Gasteiger partial charge in [-0.05, 0) is 12.1 Å². The average Bonchev–Trinajstić information content (AvgIpc) is 2.58. The minimum Gasteiger partial charge on any atom is -0.493 e. The molecule has 0 aromatic heterocycles. The van der Waals surface area contributed by atoms with Crippen molar-refractivity contribution in [1.29, 1.82) is 0 Å². The van der Waals surface area contributed by atoms with Crippen LogP contribution in [0.2, 0.25) is 0 Å². The Labute approximate surface area is 162 Å². The molecule has 0 saturated carbocycles. The minimum absolute atomic E-state index is 0.146. The molecule has 2 rings (SSSR count). The van der Waals surface area contributed by atoms with E-state index in [2.05, 4.69) is 0 Å². The summed E-state index contributed by atoms with van der Waals surface area (Å²) in [6, 6.07) is 4.12. The summed E-state index contributed by atoms with van der Waals surface area (Å²) < 4.78 is 103. The Hall–Kier alpha value is -2.26. The van der Waals surface area contributed by atoms with Crippen molar-refractivity contribution in [2.45, 2.75) is 51.1 Å². The first-order chi connectivity index (χ1) is 13.0. The maximum Gasteiger partial charge on any atom is 0.460 e. The van der Waals surface area contributed by atoms with E-state index in [0.717, 1.165) is 7.11 Å². The van der Waals surface area contributed by atoms with Gasteiger partial charge in [-0.25, -0.2) is 0 Å². The number of Topliss-reactive ketones (excluding diaryl/α,β-unsaturated/α-hetero) is 1. The molecule has 162 valence electrons. The van der Waals surface area contributed by atoms with Gasteiger partial charge < -0.3 is 9.47 Å². The molecule has 3 nitrogen and oxygen atoms in total. The summed E-state index contributed by atoms with van der Waals surface area (Å²) >= 11 is 0. The largest absolute Gasteiger partial charge is 0.493 e. The maximum atomic E-state index is 14.3. The first-order valence-corrected chi connectivity index (χ1v) is 8.46. The normalized spacial score (nSPS) is 17.9. The van der Waals surface area contributed by atoms with Crippen LogP contribution in [0.4, 0.5) is 30.7 Å². The summed E-state index contributed by atoms with van der Waals surface area (Å²) in [4.78, 5) is 12.4. The lowest BCUT2D eigenvalue weighted by Gasteiger charge is -2.34. The van der Waals surface area contributed by atoms with E-state index in [9.17, 15) is 35.5 Å². The van der Waals surface area contributed by atoms with E-state index in [1.807, 2.05) is 0 Å². The van der Waals surface area contributed by atoms with Crippen molar-refractivity contribution in [3.63, 3.8) is 0 Å². The summed E-state index contributed by atoms with van der Waals surface area (Å²) in [5.41, 5.74) is -0.721. The van der Waals surface area contributed by atoms with Crippen LogP contribution in [0, 0.1) is 5.41 Å². The van der Waals surface area contributed by atoms with Crippen LogP contribution in [-0.4, -0.2) is 30.9 Å². The molecule has 1 aromatic carbocycles. The van der Waals surface area contributed by atoms with Crippen LogP contribution in [0.15, 0.2) is 30.0 Å². The van der Waals surface area contributed by atoms with Crippen molar-refractivity contribution in [2.75, 3.05) is 7.11 Å². The van der Waals surface area contributed by atoms with Crippen molar-refractivity contribution in [2.24, 2.45) is 5.41 Å². The predicted molar refractivity (Wildman–Crippen MR) is 89.5 cm³/mol. The number of carbonyl (C=O) groups excluding carboxylic acids is 1. The van der Waals surface area contributed by atoms with Crippen molar-refractivity contribution in [3.05, 3.63) is 35.6 Å². The van der Waals surface area contributed by atoms with Gasteiger partial charge in [0.15, 0.2) is 17.3 Å². The first kappa shape index (κ1) is 23.0. The standard InChI is InChI=1S/C19H19F7O3/c1-16(2,3)13(27)8-10-9-14(17(20,21)18(22,23)19(24,25)26)29-15-11(10)6-5-7-12(15)28-4/h5-7,9-10H,8H2,1-4H3. The average molecular weight is 428 g/mol. The number of ketones is 1. The second-order valence-electron chi connectivity index (χ2n) is 7.64. The lowest BCUT2D eigenvalue weighted by Crippen LogP contribution is -2.54. The first-order valence-electron chi connectivity index (χ1n) is 8.46. The molecule has 29 heavy (non-hydrogen) atoms. The third-order valence-electron chi connectivity index (χ3n) is 4.49. The number of para-hydroxylation sites is 1. The smallest absolute Gasteiger partial charge is 0.460 e. The molecule has 1 atom stereocenters. The molecule has 0 bridgehead atoms. The molecule has 0 amide bonds. The van der Waals surface area contributed by atoms with Gasteiger partial charge in [0.2, 0.25) is 0 Å². The number of rotatable bonds is 5. The van der Waals surface area contributed by atoms with E-state index < -0.39 is 53.1 Å². The molecule has 0 fully saturated rings. The number of allylic oxidation sites excluding steroid dienone is 2. The Balaban J connectivity index is 2.61. The number of fused-ring (bicyclic) bond motifs is 1. The molecule has 0 N–H and O–H groups in total. The van der Waals surface area contributed by atoms with Gasteiger partial charge in [0, 0.05) is 23.3 Å². The number of benzene rings is 1. The van der Waals surface area contributed by atoms with Crippen molar-refractivity contribution in [1.82, 2.24) is 0 Å². The van der Waals surface area contributed by atoms with Gasteiger partial charge in [-0.1, -0.05) is 32.9 Å². The Bertz CT molecular complexity index is 820. The van der Waals surface area contributed by atoms with E-state index in [1.165, 1.54) is 18.2 Å². The van der Waals surface area contributed by atoms with Gasteiger partial charge in [-0.15, -0.1) is 0 Å². The Morgan fingerprint density at radius 2 is 1.66 bits per heavy atom. The van der Waals surface area contributed by atoms with E-state index in [1.54, 1.807) is 20.8 Å². The number of hydrogen-bond donors (Lipinski definition) is 0. The Morgan fingerprint density at radius 1 is 1.07 bits per heavy atom. The number of carbonyl (C=O) groups is 1. The molecule has 1 aliphatic heterocycles. The van der Waals surface area contributed by atoms with Gasteiger partial charge in [0.25, 0.3) is 0 Å². The van der Waals surface area contributed by atoms with Crippen LogP contribution in [0.1, 0.15) is 38.7 Å². The van der Waals surface area contributed by atoms with Gasteiger partial charge in [-0.2, -0.15) is 30.7 Å². The third-order valence-corrected chi connectivity index (χ3v) is 4.49. The SMILES string of the molecule is COc1cccc2c1OC(C(F)(F)C(F)(F)C(F)(F)F)=CC2CC(=O)C(C)(C)C. The summed E-state index contributed by atoms with van der Waals surface area (Å²) in [6.45, 7) is 4.70. The summed E-state index contributed by atoms with van der Waals surface area (Å²) in [5.74, 6) is -16.2. The molecule has 0 radical (unpaired) electrons. The van der Waals surface area contributed by atoms with E-state index in [0.29, 0.717) is 6.08 Å². The topological polar surface area (TPSA) is 35.5 Å². The Kier molecular flexibility index (Phi) is 5.73. The molecule has 1 heterocycles. The fourth-order valence-corrected chi connectivity index (χ4v) is 2.69. The van der Waals surface area contributed by atoms with Gasteiger partial charge in [0.1, 0.15) is 5.78 Å². The molecule has 1 aliphatic rings. The lowest BCUT2D eigenvalue weighted by molar-refractivity contribution is -0.349. The van der Waals surface area contributed by atoms with E-state index >= 15 is 0 Å².